The van der Waals surface area contributed by atoms with Crippen LogP contribution >= 0.6 is 0 Å². The fourth-order valence-corrected chi connectivity index (χ4v) is 3.27. The fraction of sp³-hybridized carbons (Fsp3) is 0.667. The first kappa shape index (κ1) is 14.6. The van der Waals surface area contributed by atoms with E-state index in [4.69, 9.17) is 0 Å². The van der Waals surface area contributed by atoms with Crippen molar-refractivity contribution >= 4 is 0 Å². The molecule has 1 nitrogen and oxygen atoms in total. The predicted molar refractivity (Wildman–Crippen MR) is 83.2 cm³/mol. The van der Waals surface area contributed by atoms with E-state index < -0.39 is 0 Å². The Bertz CT molecular complexity index is 376. The molecule has 1 aromatic rings. The molecule has 0 amide bonds. The number of benzene rings is 1. The van der Waals surface area contributed by atoms with Gasteiger partial charge in [0.25, 0.3) is 0 Å². The minimum absolute atomic E-state index is 0.249. The van der Waals surface area contributed by atoms with Crippen LogP contribution in [0.25, 0.3) is 0 Å². The molecule has 3 unspecified atom stereocenters. The van der Waals surface area contributed by atoms with Crippen LogP contribution in [0.3, 0.4) is 0 Å². The lowest BCUT2D eigenvalue weighted by molar-refractivity contribution is 0.192. The summed E-state index contributed by atoms with van der Waals surface area (Å²) in [5.41, 5.74) is 1.67. The first-order valence-electron chi connectivity index (χ1n) is 7.79. The quantitative estimate of drug-likeness (QED) is 0.810. The maximum Gasteiger partial charge on any atom is 0.0371 e. The Balaban J connectivity index is 2.15. The first-order chi connectivity index (χ1) is 8.98. The molecule has 19 heavy (non-hydrogen) atoms. The topological polar surface area (TPSA) is 12.0 Å². The summed E-state index contributed by atoms with van der Waals surface area (Å²) in [5, 5.41) is 3.96. The van der Waals surface area contributed by atoms with Crippen LogP contribution in [0, 0.1) is 11.3 Å². The minimum atomic E-state index is 0.249. The van der Waals surface area contributed by atoms with E-state index in [1.807, 2.05) is 0 Å². The normalized spacial score (nSPS) is 26.1. The molecule has 1 N–H and O–H groups in total. The van der Waals surface area contributed by atoms with Crippen molar-refractivity contribution in [1.82, 2.24) is 5.32 Å². The molecular weight excluding hydrogens is 230 g/mol. The molecule has 0 aromatic heterocycles. The molecule has 2 rings (SSSR count). The summed E-state index contributed by atoms with van der Waals surface area (Å²) in [6, 6.07) is 12.1. The van der Waals surface area contributed by atoms with Gasteiger partial charge >= 0.3 is 0 Å². The van der Waals surface area contributed by atoms with Gasteiger partial charge in [-0.25, -0.2) is 0 Å². The zero-order valence-corrected chi connectivity index (χ0v) is 12.9. The summed E-state index contributed by atoms with van der Waals surface area (Å²) in [7, 11) is 0. The molecule has 1 aliphatic rings. The first-order valence-corrected chi connectivity index (χ1v) is 7.79. The van der Waals surface area contributed by atoms with Crippen molar-refractivity contribution in [2.45, 2.75) is 65.5 Å². The van der Waals surface area contributed by atoms with Crippen LogP contribution in [0.2, 0.25) is 0 Å². The molecule has 106 valence electrons. The Morgan fingerprint density at radius 2 is 1.68 bits per heavy atom. The average Bonchev–Trinajstić information content (AvgIpc) is 2.37. The van der Waals surface area contributed by atoms with E-state index in [2.05, 4.69) is 63.3 Å². The second-order valence-electron chi connectivity index (χ2n) is 7.24. The van der Waals surface area contributed by atoms with Crippen molar-refractivity contribution in [3.63, 3.8) is 0 Å². The average molecular weight is 259 g/mol. The summed E-state index contributed by atoms with van der Waals surface area (Å²) in [6.45, 7) is 9.42. The second-order valence-corrected chi connectivity index (χ2v) is 7.24. The highest BCUT2D eigenvalue weighted by Gasteiger charge is 2.30. The van der Waals surface area contributed by atoms with Gasteiger partial charge in [0, 0.05) is 12.1 Å². The predicted octanol–water partition coefficient (Wildman–Crippen LogP) is 4.94. The number of rotatable bonds is 3. The molecule has 1 heteroatoms. The van der Waals surface area contributed by atoms with Crippen molar-refractivity contribution in [2.24, 2.45) is 11.3 Å². The Labute approximate surface area is 118 Å². The lowest BCUT2D eigenvalue weighted by Crippen LogP contribution is -2.43. The maximum atomic E-state index is 3.96. The van der Waals surface area contributed by atoms with E-state index in [-0.39, 0.29) is 5.41 Å². The standard InChI is InChI=1S/C18H29N/c1-14-10-8-9-13-16(14)19-17(18(2,3)4)15-11-6-5-7-12-15/h5-7,11-12,14,16-17,19H,8-10,13H2,1-4H3. The maximum absolute atomic E-state index is 3.96. The van der Waals surface area contributed by atoms with Gasteiger partial charge in [-0.2, -0.15) is 0 Å². The van der Waals surface area contributed by atoms with Crippen molar-refractivity contribution in [3.8, 4) is 0 Å². The van der Waals surface area contributed by atoms with Crippen molar-refractivity contribution in [1.29, 1.82) is 0 Å². The summed E-state index contributed by atoms with van der Waals surface area (Å²) in [4.78, 5) is 0. The third kappa shape index (κ3) is 3.82. The molecule has 1 aliphatic carbocycles. The van der Waals surface area contributed by atoms with Gasteiger partial charge in [0.1, 0.15) is 0 Å². The molecule has 3 atom stereocenters. The van der Waals surface area contributed by atoms with E-state index in [1.165, 1.54) is 31.2 Å². The molecule has 1 fully saturated rings. The second kappa shape index (κ2) is 6.09. The third-order valence-corrected chi connectivity index (χ3v) is 4.49. The molecule has 0 saturated heterocycles. The Hall–Kier alpha value is -0.820. The smallest absolute Gasteiger partial charge is 0.0371 e. The lowest BCUT2D eigenvalue weighted by atomic mass is 9.79. The summed E-state index contributed by atoms with van der Waals surface area (Å²) in [5.74, 6) is 0.808. The van der Waals surface area contributed by atoms with Crippen LogP contribution in [-0.2, 0) is 0 Å². The Morgan fingerprint density at radius 3 is 2.26 bits per heavy atom. The van der Waals surface area contributed by atoms with E-state index >= 15 is 0 Å². The largest absolute Gasteiger partial charge is 0.306 e. The van der Waals surface area contributed by atoms with Gasteiger partial charge in [-0.15, -0.1) is 0 Å². The van der Waals surface area contributed by atoms with Crippen LogP contribution in [0.4, 0.5) is 0 Å². The minimum Gasteiger partial charge on any atom is -0.306 e. The Morgan fingerprint density at radius 1 is 1.05 bits per heavy atom. The van der Waals surface area contributed by atoms with Crippen molar-refractivity contribution in [3.05, 3.63) is 35.9 Å². The van der Waals surface area contributed by atoms with Crippen LogP contribution in [0.5, 0.6) is 0 Å². The van der Waals surface area contributed by atoms with Crippen molar-refractivity contribution < 1.29 is 0 Å². The van der Waals surface area contributed by atoms with Gasteiger partial charge in [0.2, 0.25) is 0 Å². The van der Waals surface area contributed by atoms with Crippen LogP contribution in [0.15, 0.2) is 30.3 Å². The van der Waals surface area contributed by atoms with Gasteiger partial charge in [-0.3, -0.25) is 0 Å². The number of nitrogens with one attached hydrogen (secondary N) is 1. The number of hydrogen-bond donors (Lipinski definition) is 1. The van der Waals surface area contributed by atoms with E-state index in [0.29, 0.717) is 12.1 Å². The Kier molecular flexibility index (Phi) is 4.67. The molecule has 0 spiro atoms. The number of hydrogen-bond acceptors (Lipinski definition) is 1. The summed E-state index contributed by atoms with van der Waals surface area (Å²) < 4.78 is 0. The third-order valence-electron chi connectivity index (χ3n) is 4.49. The van der Waals surface area contributed by atoms with Crippen LogP contribution < -0.4 is 5.32 Å². The molecule has 1 aromatic carbocycles. The monoisotopic (exact) mass is 259 g/mol. The molecule has 1 saturated carbocycles. The van der Waals surface area contributed by atoms with Gasteiger partial charge < -0.3 is 5.32 Å². The molecule has 0 radical (unpaired) electrons. The zero-order valence-electron chi connectivity index (χ0n) is 12.9. The summed E-state index contributed by atoms with van der Waals surface area (Å²) >= 11 is 0. The van der Waals surface area contributed by atoms with Gasteiger partial charge in [-0.1, -0.05) is 70.9 Å². The van der Waals surface area contributed by atoms with Gasteiger partial charge in [-0.05, 0) is 29.7 Å². The van der Waals surface area contributed by atoms with Gasteiger partial charge in [0.05, 0.1) is 0 Å². The fourth-order valence-electron chi connectivity index (χ4n) is 3.27. The van der Waals surface area contributed by atoms with Crippen LogP contribution in [0.1, 0.15) is 65.0 Å². The van der Waals surface area contributed by atoms with E-state index in [9.17, 15) is 0 Å². The van der Waals surface area contributed by atoms with Crippen molar-refractivity contribution in [2.75, 3.05) is 0 Å². The molecule has 0 bridgehead atoms. The summed E-state index contributed by atoms with van der Waals surface area (Å²) in [6.07, 6.45) is 5.50. The highest BCUT2D eigenvalue weighted by atomic mass is 15.0. The molecule has 0 heterocycles. The highest BCUT2D eigenvalue weighted by molar-refractivity contribution is 5.21. The highest BCUT2D eigenvalue weighted by Crippen LogP contribution is 2.35. The SMILES string of the molecule is CC1CCCCC1NC(c1ccccc1)C(C)(C)C. The van der Waals surface area contributed by atoms with Gasteiger partial charge in [0.15, 0.2) is 0 Å². The van der Waals surface area contributed by atoms with E-state index in [0.717, 1.165) is 5.92 Å². The van der Waals surface area contributed by atoms with E-state index in [1.54, 1.807) is 0 Å². The lowest BCUT2D eigenvalue weighted by Gasteiger charge is -2.39. The molecular formula is C18H29N. The van der Waals surface area contributed by atoms with Crippen LogP contribution in [-0.4, -0.2) is 6.04 Å². The molecule has 0 aliphatic heterocycles. The zero-order chi connectivity index (χ0) is 13.9.